The molecule has 9 nitrogen and oxygen atoms in total. The Bertz CT molecular complexity index is 1360. The van der Waals surface area contributed by atoms with Gasteiger partial charge in [-0.2, -0.15) is 0 Å². The molecule has 0 radical (unpaired) electrons. The van der Waals surface area contributed by atoms with Crippen LogP contribution in [0.5, 0.6) is 17.2 Å². The summed E-state index contributed by atoms with van der Waals surface area (Å²) in [6.45, 7) is 0.0513. The number of benzene rings is 2. The quantitative estimate of drug-likeness (QED) is 0.347. The van der Waals surface area contributed by atoms with Crippen LogP contribution in [-0.2, 0) is 16.2 Å². The Hall–Kier alpha value is -4.53. The van der Waals surface area contributed by atoms with E-state index in [1.807, 2.05) is 35.0 Å². The molecule has 0 atom stereocenters. The number of carbonyl (C=O) groups is 2. The average molecular weight is 487 g/mol. The molecule has 2 aromatic carbocycles. The monoisotopic (exact) mass is 486 g/mol. The normalized spacial score (nSPS) is 12.7. The van der Waals surface area contributed by atoms with Crippen LogP contribution in [0, 0.1) is 5.92 Å². The second-order valence-electron chi connectivity index (χ2n) is 8.48. The van der Waals surface area contributed by atoms with Gasteiger partial charge in [0.15, 0.2) is 18.1 Å². The highest BCUT2D eigenvalue weighted by molar-refractivity contribution is 5.94. The van der Waals surface area contributed by atoms with Gasteiger partial charge in [0.25, 0.3) is 5.91 Å². The summed E-state index contributed by atoms with van der Waals surface area (Å²) in [7, 11) is 1.56. The summed E-state index contributed by atoms with van der Waals surface area (Å²) in [4.78, 5) is 29.0. The SMILES string of the molecule is COc1ccc(NC(=O)COc2cccc(NC(=O)C3CC3)c2)cc1OCc1cn2ccccc2n1. The number of hydrogen-bond donors (Lipinski definition) is 2. The largest absolute Gasteiger partial charge is 0.493 e. The summed E-state index contributed by atoms with van der Waals surface area (Å²) in [6, 6.07) is 17.9. The standard InChI is InChI=1S/C27H26N4O5/c1-34-23-11-10-20(14-24(23)36-16-21-15-31-12-3-2-7-25(31)28-21)29-26(32)17-35-22-6-4-5-19(13-22)30-27(33)18-8-9-18/h2-7,10-15,18H,8-9,16-17H2,1H3,(H,29,32)(H,30,33). The van der Waals surface area contributed by atoms with Gasteiger partial charge in [-0.25, -0.2) is 4.98 Å². The highest BCUT2D eigenvalue weighted by atomic mass is 16.5. The molecule has 0 unspecified atom stereocenters. The molecule has 1 saturated carbocycles. The zero-order valence-corrected chi connectivity index (χ0v) is 19.8. The number of rotatable bonds is 10. The van der Waals surface area contributed by atoms with Crippen LogP contribution in [0.3, 0.4) is 0 Å². The Balaban J connectivity index is 1.17. The first-order valence-electron chi connectivity index (χ1n) is 11.6. The van der Waals surface area contributed by atoms with Crippen LogP contribution in [0.15, 0.2) is 73.1 Å². The predicted molar refractivity (Wildman–Crippen MR) is 134 cm³/mol. The number of fused-ring (bicyclic) bond motifs is 1. The van der Waals surface area contributed by atoms with Crippen molar-refractivity contribution in [2.75, 3.05) is 24.4 Å². The number of anilines is 2. The maximum Gasteiger partial charge on any atom is 0.262 e. The van der Waals surface area contributed by atoms with Crippen molar-refractivity contribution in [2.45, 2.75) is 19.4 Å². The van der Waals surface area contributed by atoms with E-state index in [0.717, 1.165) is 24.2 Å². The number of ether oxygens (including phenoxy) is 3. The van der Waals surface area contributed by atoms with Gasteiger partial charge in [0.1, 0.15) is 18.0 Å². The van der Waals surface area contributed by atoms with Crippen LogP contribution in [0.1, 0.15) is 18.5 Å². The molecule has 36 heavy (non-hydrogen) atoms. The molecule has 1 aliphatic carbocycles. The van der Waals surface area contributed by atoms with E-state index in [1.54, 1.807) is 49.6 Å². The van der Waals surface area contributed by atoms with E-state index in [2.05, 4.69) is 15.6 Å². The molecular formula is C27H26N4O5. The number of carbonyl (C=O) groups excluding carboxylic acids is 2. The highest BCUT2D eigenvalue weighted by Gasteiger charge is 2.29. The van der Waals surface area contributed by atoms with E-state index in [-0.39, 0.29) is 30.9 Å². The van der Waals surface area contributed by atoms with Crippen LogP contribution in [0.25, 0.3) is 5.65 Å². The number of pyridine rings is 1. The van der Waals surface area contributed by atoms with Gasteiger partial charge in [-0.15, -0.1) is 0 Å². The van der Waals surface area contributed by atoms with Gasteiger partial charge in [-0.1, -0.05) is 12.1 Å². The summed E-state index contributed by atoms with van der Waals surface area (Å²) in [5.74, 6) is 1.30. The molecule has 2 aromatic heterocycles. The third-order valence-corrected chi connectivity index (χ3v) is 5.66. The Morgan fingerprint density at radius 3 is 2.64 bits per heavy atom. The maximum absolute atomic E-state index is 12.5. The first kappa shape index (κ1) is 23.2. The molecule has 2 heterocycles. The smallest absolute Gasteiger partial charge is 0.262 e. The lowest BCUT2D eigenvalue weighted by atomic mass is 10.2. The van der Waals surface area contributed by atoms with Gasteiger partial charge in [0.2, 0.25) is 5.91 Å². The molecule has 0 bridgehead atoms. The Morgan fingerprint density at radius 1 is 0.972 bits per heavy atom. The van der Waals surface area contributed by atoms with Crippen molar-refractivity contribution in [1.29, 1.82) is 0 Å². The first-order valence-corrected chi connectivity index (χ1v) is 11.6. The number of aromatic nitrogens is 2. The lowest BCUT2D eigenvalue weighted by Gasteiger charge is -2.13. The molecule has 1 aliphatic rings. The van der Waals surface area contributed by atoms with Crippen molar-refractivity contribution in [2.24, 2.45) is 5.92 Å². The molecule has 2 N–H and O–H groups in total. The van der Waals surface area contributed by atoms with Gasteiger partial charge in [-0.3, -0.25) is 9.59 Å². The van der Waals surface area contributed by atoms with Crippen molar-refractivity contribution in [1.82, 2.24) is 9.38 Å². The zero-order valence-electron chi connectivity index (χ0n) is 19.8. The van der Waals surface area contributed by atoms with Crippen LogP contribution in [0.4, 0.5) is 11.4 Å². The molecule has 0 spiro atoms. The highest BCUT2D eigenvalue weighted by Crippen LogP contribution is 2.32. The van der Waals surface area contributed by atoms with Gasteiger partial charge >= 0.3 is 0 Å². The fourth-order valence-electron chi connectivity index (χ4n) is 3.68. The molecule has 1 fully saturated rings. The molecule has 2 amide bonds. The lowest BCUT2D eigenvalue weighted by molar-refractivity contribution is -0.118. The zero-order chi connectivity index (χ0) is 24.9. The molecule has 5 rings (SSSR count). The van der Waals surface area contributed by atoms with Crippen molar-refractivity contribution in [3.63, 3.8) is 0 Å². The maximum atomic E-state index is 12.5. The van der Waals surface area contributed by atoms with Crippen molar-refractivity contribution < 1.29 is 23.8 Å². The fraction of sp³-hybridized carbons (Fsp3) is 0.222. The van der Waals surface area contributed by atoms with Gasteiger partial charge in [-0.05, 0) is 49.2 Å². The lowest BCUT2D eigenvalue weighted by Crippen LogP contribution is -2.20. The molecule has 0 aliphatic heterocycles. The van der Waals surface area contributed by atoms with Crippen molar-refractivity contribution in [3.8, 4) is 17.2 Å². The van der Waals surface area contributed by atoms with E-state index in [4.69, 9.17) is 14.2 Å². The van der Waals surface area contributed by atoms with Crippen LogP contribution in [-0.4, -0.2) is 34.9 Å². The Morgan fingerprint density at radius 2 is 1.83 bits per heavy atom. The van der Waals surface area contributed by atoms with Crippen LogP contribution >= 0.6 is 0 Å². The van der Waals surface area contributed by atoms with E-state index in [9.17, 15) is 9.59 Å². The van der Waals surface area contributed by atoms with Crippen LogP contribution in [0.2, 0.25) is 0 Å². The van der Waals surface area contributed by atoms with Gasteiger partial charge in [0, 0.05) is 41.8 Å². The summed E-state index contributed by atoms with van der Waals surface area (Å²) in [5, 5.41) is 5.67. The summed E-state index contributed by atoms with van der Waals surface area (Å²) >= 11 is 0. The third kappa shape index (κ3) is 5.75. The second-order valence-corrected chi connectivity index (χ2v) is 8.48. The summed E-state index contributed by atoms with van der Waals surface area (Å²) in [5.41, 5.74) is 2.79. The molecule has 0 saturated heterocycles. The minimum Gasteiger partial charge on any atom is -0.493 e. The Kier molecular flexibility index (Phi) is 6.70. The van der Waals surface area contributed by atoms with Crippen molar-refractivity contribution >= 4 is 28.8 Å². The van der Waals surface area contributed by atoms with E-state index in [0.29, 0.717) is 28.6 Å². The Labute approximate surface area is 208 Å². The van der Waals surface area contributed by atoms with E-state index < -0.39 is 0 Å². The molecule has 4 aromatic rings. The number of nitrogens with zero attached hydrogens (tertiary/aromatic N) is 2. The minimum atomic E-state index is -0.334. The fourth-order valence-corrected chi connectivity index (χ4v) is 3.68. The van der Waals surface area contributed by atoms with Crippen LogP contribution < -0.4 is 24.8 Å². The topological polar surface area (TPSA) is 103 Å². The second kappa shape index (κ2) is 10.4. The molecular weight excluding hydrogens is 460 g/mol. The van der Waals surface area contributed by atoms with Crippen molar-refractivity contribution in [3.05, 3.63) is 78.8 Å². The summed E-state index contributed by atoms with van der Waals surface area (Å²) in [6.07, 6.45) is 5.68. The first-order chi connectivity index (χ1) is 17.6. The van der Waals surface area contributed by atoms with E-state index in [1.165, 1.54) is 0 Å². The average Bonchev–Trinajstić information content (AvgIpc) is 3.66. The third-order valence-electron chi connectivity index (χ3n) is 5.66. The predicted octanol–water partition coefficient (Wildman–Crippen LogP) is 4.29. The molecule has 184 valence electrons. The number of hydrogen-bond acceptors (Lipinski definition) is 6. The summed E-state index contributed by atoms with van der Waals surface area (Å²) < 4.78 is 18.9. The molecule has 9 heteroatoms. The van der Waals surface area contributed by atoms with Gasteiger partial charge < -0.3 is 29.2 Å². The number of nitrogens with one attached hydrogen (secondary N) is 2. The number of amides is 2. The van der Waals surface area contributed by atoms with E-state index >= 15 is 0 Å². The minimum absolute atomic E-state index is 0.0172. The number of imidazole rings is 1. The number of methoxy groups -OCH3 is 1. The van der Waals surface area contributed by atoms with Gasteiger partial charge in [0.05, 0.1) is 12.8 Å².